The van der Waals surface area contributed by atoms with Crippen molar-refractivity contribution in [3.63, 3.8) is 0 Å². The van der Waals surface area contributed by atoms with E-state index in [-0.39, 0.29) is 17.6 Å². The predicted molar refractivity (Wildman–Crippen MR) is 62.0 cm³/mol. The van der Waals surface area contributed by atoms with Gasteiger partial charge in [0.25, 0.3) is 0 Å². The summed E-state index contributed by atoms with van der Waals surface area (Å²) in [4.78, 5) is 1.79. The van der Waals surface area contributed by atoms with E-state index in [0.717, 1.165) is 19.4 Å². The molecule has 4 heteroatoms. The van der Waals surface area contributed by atoms with E-state index in [2.05, 4.69) is 0 Å². The molecule has 1 aliphatic heterocycles. The van der Waals surface area contributed by atoms with Crippen molar-refractivity contribution < 1.29 is 8.78 Å². The van der Waals surface area contributed by atoms with E-state index in [1.807, 2.05) is 6.92 Å². The molecule has 1 atom stereocenters. The maximum absolute atomic E-state index is 13.8. The minimum atomic E-state index is -0.510. The van der Waals surface area contributed by atoms with Crippen molar-refractivity contribution in [1.82, 2.24) is 0 Å². The average Bonchev–Trinajstić information content (AvgIpc) is 2.64. The number of hydrogen-bond donors (Lipinski definition) is 0. The van der Waals surface area contributed by atoms with Crippen molar-refractivity contribution in [3.8, 4) is 0 Å². The minimum Gasteiger partial charge on any atom is -0.364 e. The summed E-state index contributed by atoms with van der Waals surface area (Å²) in [5, 5.41) is 0. The van der Waals surface area contributed by atoms with Crippen molar-refractivity contribution in [2.45, 2.75) is 31.7 Å². The highest BCUT2D eigenvalue weighted by molar-refractivity contribution is 6.17. The first-order chi connectivity index (χ1) is 7.63. The van der Waals surface area contributed by atoms with E-state index in [9.17, 15) is 8.78 Å². The largest absolute Gasteiger partial charge is 0.364 e. The summed E-state index contributed by atoms with van der Waals surface area (Å²) in [5.74, 6) is -0.891. The third-order valence-electron chi connectivity index (χ3n) is 3.07. The Bertz CT molecular complexity index is 372. The molecule has 88 valence electrons. The van der Waals surface area contributed by atoms with Crippen LogP contribution in [-0.4, -0.2) is 12.6 Å². The highest BCUT2D eigenvalue weighted by Gasteiger charge is 2.26. The van der Waals surface area contributed by atoms with E-state index < -0.39 is 11.6 Å². The second-order valence-electron chi connectivity index (χ2n) is 4.23. The van der Waals surface area contributed by atoms with Gasteiger partial charge in [0.2, 0.25) is 0 Å². The Balaban J connectivity index is 2.40. The Hall–Kier alpha value is -0.830. The molecule has 0 aromatic heterocycles. The van der Waals surface area contributed by atoms with Gasteiger partial charge in [0, 0.05) is 18.5 Å². The van der Waals surface area contributed by atoms with Gasteiger partial charge in [-0.2, -0.15) is 0 Å². The fourth-order valence-electron chi connectivity index (χ4n) is 2.23. The molecule has 1 fully saturated rings. The zero-order valence-electron chi connectivity index (χ0n) is 9.14. The van der Waals surface area contributed by atoms with E-state index in [4.69, 9.17) is 11.6 Å². The third kappa shape index (κ3) is 2.01. The van der Waals surface area contributed by atoms with Gasteiger partial charge < -0.3 is 4.90 Å². The Morgan fingerprint density at radius 1 is 1.38 bits per heavy atom. The van der Waals surface area contributed by atoms with Gasteiger partial charge >= 0.3 is 0 Å². The lowest BCUT2D eigenvalue weighted by atomic mass is 10.1. The zero-order chi connectivity index (χ0) is 11.7. The van der Waals surface area contributed by atoms with Crippen molar-refractivity contribution in [1.29, 1.82) is 0 Å². The van der Waals surface area contributed by atoms with Crippen LogP contribution in [0.4, 0.5) is 14.5 Å². The number of benzene rings is 1. The van der Waals surface area contributed by atoms with Crippen molar-refractivity contribution in [2.75, 3.05) is 11.4 Å². The molecule has 1 aromatic rings. The molecule has 0 amide bonds. The Kier molecular flexibility index (Phi) is 3.33. The van der Waals surface area contributed by atoms with Crippen LogP contribution in [0.2, 0.25) is 0 Å². The van der Waals surface area contributed by atoms with Gasteiger partial charge in [-0.1, -0.05) is 0 Å². The molecular formula is C12H14ClF2N. The molecule has 1 saturated heterocycles. The Morgan fingerprint density at radius 3 is 2.44 bits per heavy atom. The van der Waals surface area contributed by atoms with Gasteiger partial charge in [-0.25, -0.2) is 8.78 Å². The fraction of sp³-hybridized carbons (Fsp3) is 0.500. The highest BCUT2D eigenvalue weighted by atomic mass is 35.5. The molecule has 1 aromatic carbocycles. The minimum absolute atomic E-state index is 0.0962. The van der Waals surface area contributed by atoms with Gasteiger partial charge in [-0.15, -0.1) is 11.6 Å². The zero-order valence-corrected chi connectivity index (χ0v) is 9.90. The lowest BCUT2D eigenvalue weighted by Crippen LogP contribution is -2.28. The van der Waals surface area contributed by atoms with Crippen LogP contribution in [0.1, 0.15) is 25.3 Å². The molecule has 0 bridgehead atoms. The summed E-state index contributed by atoms with van der Waals surface area (Å²) < 4.78 is 27.6. The molecule has 1 heterocycles. The lowest BCUT2D eigenvalue weighted by Gasteiger charge is -2.25. The van der Waals surface area contributed by atoms with Crippen LogP contribution in [0.15, 0.2) is 12.1 Å². The molecule has 1 nitrogen and oxygen atoms in total. The first-order valence-electron chi connectivity index (χ1n) is 5.44. The molecule has 2 rings (SSSR count). The molecule has 0 spiro atoms. The van der Waals surface area contributed by atoms with Crippen molar-refractivity contribution >= 4 is 17.3 Å². The van der Waals surface area contributed by atoms with E-state index in [1.54, 1.807) is 4.90 Å². The van der Waals surface area contributed by atoms with Gasteiger partial charge in [0.15, 0.2) is 0 Å². The molecular weight excluding hydrogens is 232 g/mol. The number of anilines is 1. The lowest BCUT2D eigenvalue weighted by molar-refractivity contribution is 0.565. The Morgan fingerprint density at radius 2 is 2.00 bits per heavy atom. The predicted octanol–water partition coefficient (Wildman–Crippen LogP) is 3.69. The van der Waals surface area contributed by atoms with Gasteiger partial charge in [-0.05, 0) is 37.5 Å². The van der Waals surface area contributed by atoms with Crippen molar-refractivity contribution in [2.24, 2.45) is 0 Å². The Labute approximate surface area is 99.0 Å². The molecule has 1 unspecified atom stereocenters. The number of alkyl halides is 1. The van der Waals surface area contributed by atoms with Crippen LogP contribution < -0.4 is 4.90 Å². The first-order valence-corrected chi connectivity index (χ1v) is 5.97. The first kappa shape index (κ1) is 11.6. The van der Waals surface area contributed by atoms with Gasteiger partial charge in [0.05, 0.1) is 0 Å². The number of halogens is 3. The summed E-state index contributed by atoms with van der Waals surface area (Å²) in [6.07, 6.45) is 1.97. The molecule has 0 N–H and O–H groups in total. The van der Waals surface area contributed by atoms with Crippen LogP contribution in [0, 0.1) is 11.6 Å². The van der Waals surface area contributed by atoms with Crippen LogP contribution in [-0.2, 0) is 5.88 Å². The second kappa shape index (κ2) is 4.58. The number of hydrogen-bond acceptors (Lipinski definition) is 1. The number of nitrogens with zero attached hydrogens (tertiary/aromatic N) is 1. The molecule has 0 aliphatic carbocycles. The average molecular weight is 246 g/mol. The highest BCUT2D eigenvalue weighted by Crippen LogP contribution is 2.31. The van der Waals surface area contributed by atoms with E-state index >= 15 is 0 Å². The molecule has 0 saturated carbocycles. The maximum atomic E-state index is 13.8. The van der Waals surface area contributed by atoms with E-state index in [0.29, 0.717) is 5.56 Å². The normalized spacial score (nSPS) is 20.5. The fourth-order valence-corrected chi connectivity index (χ4v) is 2.39. The summed E-state index contributed by atoms with van der Waals surface area (Å²) in [5.41, 5.74) is 0.575. The number of rotatable bonds is 2. The van der Waals surface area contributed by atoms with Crippen LogP contribution in [0.5, 0.6) is 0 Å². The SMILES string of the molecule is CC1CCCN1c1c(F)cc(CCl)cc1F. The molecule has 16 heavy (non-hydrogen) atoms. The van der Waals surface area contributed by atoms with Crippen LogP contribution >= 0.6 is 11.6 Å². The quantitative estimate of drug-likeness (QED) is 0.719. The van der Waals surface area contributed by atoms with Crippen LogP contribution in [0.3, 0.4) is 0 Å². The topological polar surface area (TPSA) is 3.24 Å². The standard InChI is InChI=1S/C12H14ClF2N/c1-8-3-2-4-16(8)12-10(14)5-9(7-13)6-11(12)15/h5-6,8H,2-4,7H2,1H3. The van der Waals surface area contributed by atoms with Gasteiger partial charge in [0.1, 0.15) is 17.3 Å². The smallest absolute Gasteiger partial charge is 0.149 e. The summed E-state index contributed by atoms with van der Waals surface area (Å²) >= 11 is 5.56. The van der Waals surface area contributed by atoms with E-state index in [1.165, 1.54) is 12.1 Å². The van der Waals surface area contributed by atoms with Gasteiger partial charge in [-0.3, -0.25) is 0 Å². The summed E-state index contributed by atoms with van der Waals surface area (Å²) in [7, 11) is 0. The molecule has 1 aliphatic rings. The third-order valence-corrected chi connectivity index (χ3v) is 3.38. The van der Waals surface area contributed by atoms with Crippen molar-refractivity contribution in [3.05, 3.63) is 29.3 Å². The summed E-state index contributed by atoms with van der Waals surface area (Å²) in [6.45, 7) is 2.70. The second-order valence-corrected chi connectivity index (χ2v) is 4.49. The monoisotopic (exact) mass is 245 g/mol. The maximum Gasteiger partial charge on any atom is 0.149 e. The van der Waals surface area contributed by atoms with Crippen LogP contribution in [0.25, 0.3) is 0 Å². The molecule has 0 radical (unpaired) electrons. The summed E-state index contributed by atoms with van der Waals surface area (Å²) in [6, 6.07) is 2.83.